The average Bonchev–Trinajstić information content (AvgIpc) is 3.25. The van der Waals surface area contributed by atoms with Crippen molar-refractivity contribution in [2.24, 2.45) is 29.6 Å². The topological polar surface area (TPSA) is 62.5 Å². The lowest BCUT2D eigenvalue weighted by molar-refractivity contribution is 0.0780. The number of hydrogen-bond donors (Lipinski definition) is 0. The van der Waals surface area contributed by atoms with Crippen LogP contribution in [0.4, 0.5) is 0 Å². The molecule has 60 heavy (non-hydrogen) atoms. The van der Waals surface area contributed by atoms with Gasteiger partial charge in [-0.2, -0.15) is 5.26 Å². The number of hydrogen-bond acceptors (Lipinski definition) is 4. The molecule has 300 valence electrons. The molecule has 4 bridgehead atoms. The Morgan fingerprint density at radius 3 is 1.75 bits per heavy atom. The molecule has 0 spiro atoms. The molecule has 4 aliphatic rings. The second kappa shape index (κ2) is 15.4. The first-order valence-corrected chi connectivity index (χ1v) is 22.5. The number of aromatic nitrogens is 3. The first-order chi connectivity index (χ1) is 29.1. The van der Waals surface area contributed by atoms with Gasteiger partial charge >= 0.3 is 0 Å². The predicted octanol–water partition coefficient (Wildman–Crippen LogP) is 14.2. The molecule has 5 aromatic carbocycles. The van der Waals surface area contributed by atoms with Crippen LogP contribution in [-0.2, 0) is 10.8 Å². The summed E-state index contributed by atoms with van der Waals surface area (Å²) in [5.74, 6) is 5.79. The zero-order valence-electron chi connectivity index (χ0n) is 35.5. The van der Waals surface area contributed by atoms with E-state index in [-0.39, 0.29) is 10.8 Å². The van der Waals surface area contributed by atoms with Gasteiger partial charge in [-0.25, -0.2) is 15.0 Å². The molecule has 0 N–H and O–H groups in total. The minimum absolute atomic E-state index is 0.194. The SMILES string of the molecule is C=C1C[C@@H]2C[C@H](C)CC(c3ccc(-c4ccccc4-c4nc(-c5ccc(C67C[C@H](C)C[C@H](C[C@H](C)C6)C7)cc5)nc(-c5cccc(-c6cccc(C#N)c6)c5)n4)cc3)(C1)C2. The highest BCUT2D eigenvalue weighted by Crippen LogP contribution is 2.55. The predicted molar refractivity (Wildman–Crippen MR) is 245 cm³/mol. The van der Waals surface area contributed by atoms with E-state index in [1.807, 2.05) is 24.3 Å². The smallest absolute Gasteiger partial charge is 0.164 e. The second-order valence-electron chi connectivity index (χ2n) is 19.7. The van der Waals surface area contributed by atoms with Gasteiger partial charge in [0.2, 0.25) is 0 Å². The van der Waals surface area contributed by atoms with Gasteiger partial charge < -0.3 is 0 Å². The van der Waals surface area contributed by atoms with Crippen LogP contribution in [0.25, 0.3) is 56.4 Å². The van der Waals surface area contributed by atoms with Crippen LogP contribution >= 0.6 is 0 Å². The van der Waals surface area contributed by atoms with E-state index in [2.05, 4.69) is 130 Å². The summed E-state index contributed by atoms with van der Waals surface area (Å²) in [6.45, 7) is 11.9. The van der Waals surface area contributed by atoms with Crippen LogP contribution in [0.1, 0.15) is 102 Å². The highest BCUT2D eigenvalue weighted by molar-refractivity contribution is 5.82. The summed E-state index contributed by atoms with van der Waals surface area (Å²) >= 11 is 0. The maximum Gasteiger partial charge on any atom is 0.164 e. The molecular formula is C56H56N4. The van der Waals surface area contributed by atoms with E-state index in [9.17, 15) is 5.26 Å². The Labute approximate surface area is 356 Å². The number of fused-ring (bicyclic) bond motifs is 4. The van der Waals surface area contributed by atoms with Gasteiger partial charge in [0.25, 0.3) is 0 Å². The van der Waals surface area contributed by atoms with Gasteiger partial charge in [-0.05, 0) is 156 Å². The first-order valence-electron chi connectivity index (χ1n) is 22.5. The third-order valence-electron chi connectivity index (χ3n) is 14.8. The highest BCUT2D eigenvalue weighted by atomic mass is 15.0. The van der Waals surface area contributed by atoms with Gasteiger partial charge in [0.1, 0.15) is 0 Å². The molecule has 0 saturated heterocycles. The van der Waals surface area contributed by atoms with Crippen LogP contribution in [-0.4, -0.2) is 15.0 Å². The second-order valence-corrected chi connectivity index (χ2v) is 19.7. The Morgan fingerprint density at radius 1 is 0.517 bits per heavy atom. The van der Waals surface area contributed by atoms with Crippen molar-refractivity contribution in [3.63, 3.8) is 0 Å². The van der Waals surface area contributed by atoms with E-state index in [1.54, 1.807) is 0 Å². The van der Waals surface area contributed by atoms with E-state index < -0.39 is 0 Å². The lowest BCUT2D eigenvalue weighted by Crippen LogP contribution is -2.42. The fraction of sp³-hybridized carbons (Fsp3) is 0.357. The van der Waals surface area contributed by atoms with E-state index in [1.165, 1.54) is 74.5 Å². The van der Waals surface area contributed by atoms with Crippen LogP contribution in [0.2, 0.25) is 0 Å². The quantitative estimate of drug-likeness (QED) is 0.151. The van der Waals surface area contributed by atoms with Gasteiger partial charge in [-0.3, -0.25) is 0 Å². The molecule has 0 radical (unpaired) electrons. The van der Waals surface area contributed by atoms with Crippen molar-refractivity contribution < 1.29 is 0 Å². The summed E-state index contributed by atoms with van der Waals surface area (Å²) in [4.78, 5) is 15.8. The molecule has 1 aromatic heterocycles. The van der Waals surface area contributed by atoms with Crippen molar-refractivity contribution in [1.29, 1.82) is 5.26 Å². The third-order valence-corrected chi connectivity index (χ3v) is 14.8. The van der Waals surface area contributed by atoms with E-state index in [4.69, 9.17) is 15.0 Å². The maximum atomic E-state index is 9.63. The molecule has 10 rings (SSSR count). The molecule has 1 heterocycles. The summed E-state index contributed by atoms with van der Waals surface area (Å²) < 4.78 is 0. The van der Waals surface area contributed by atoms with Crippen LogP contribution in [0, 0.1) is 40.9 Å². The minimum Gasteiger partial charge on any atom is -0.208 e. The molecule has 4 heteroatoms. The van der Waals surface area contributed by atoms with Crippen LogP contribution in [0.5, 0.6) is 0 Å². The van der Waals surface area contributed by atoms with Crippen molar-refractivity contribution in [2.45, 2.75) is 95.8 Å². The summed E-state index contributed by atoms with van der Waals surface area (Å²) in [5.41, 5.74) is 12.6. The highest BCUT2D eigenvalue weighted by Gasteiger charge is 2.46. The molecular weight excluding hydrogens is 729 g/mol. The lowest BCUT2D eigenvalue weighted by Gasteiger charge is -2.50. The Kier molecular flexibility index (Phi) is 9.91. The molecule has 4 aliphatic carbocycles. The fourth-order valence-electron chi connectivity index (χ4n) is 13.0. The van der Waals surface area contributed by atoms with Crippen molar-refractivity contribution in [3.8, 4) is 62.5 Å². The normalized spacial score (nSPS) is 27.2. The van der Waals surface area contributed by atoms with Crippen LogP contribution < -0.4 is 0 Å². The summed E-state index contributed by atoms with van der Waals surface area (Å²) in [6.07, 6.45) is 12.7. The molecule has 6 aromatic rings. The molecule has 0 amide bonds. The molecule has 2 unspecified atom stereocenters. The molecule has 7 atom stereocenters. The Bertz CT molecular complexity index is 2590. The lowest BCUT2D eigenvalue weighted by atomic mass is 9.54. The first kappa shape index (κ1) is 38.5. The molecule has 4 fully saturated rings. The fourth-order valence-corrected chi connectivity index (χ4v) is 13.0. The van der Waals surface area contributed by atoms with E-state index in [0.29, 0.717) is 23.0 Å². The van der Waals surface area contributed by atoms with Crippen LogP contribution in [0.15, 0.2) is 133 Å². The molecule has 4 saturated carbocycles. The summed E-state index contributed by atoms with van der Waals surface area (Å²) in [6, 6.07) is 45.6. The van der Waals surface area contributed by atoms with Gasteiger partial charge in [-0.1, -0.05) is 136 Å². The van der Waals surface area contributed by atoms with Gasteiger partial charge in [0, 0.05) is 16.7 Å². The summed E-state index contributed by atoms with van der Waals surface area (Å²) in [7, 11) is 0. The average molecular weight is 785 g/mol. The number of nitriles is 1. The zero-order valence-corrected chi connectivity index (χ0v) is 35.5. The van der Waals surface area contributed by atoms with Gasteiger partial charge in [-0.15, -0.1) is 0 Å². The Morgan fingerprint density at radius 2 is 1.05 bits per heavy atom. The third kappa shape index (κ3) is 7.31. The van der Waals surface area contributed by atoms with Gasteiger partial charge in [0.15, 0.2) is 17.5 Å². The van der Waals surface area contributed by atoms with Crippen molar-refractivity contribution in [1.82, 2.24) is 15.0 Å². The maximum absolute atomic E-state index is 9.63. The number of nitrogens with zero attached hydrogens (tertiary/aromatic N) is 4. The van der Waals surface area contributed by atoms with Crippen molar-refractivity contribution >= 4 is 0 Å². The monoisotopic (exact) mass is 784 g/mol. The zero-order chi connectivity index (χ0) is 41.0. The number of rotatable bonds is 7. The largest absolute Gasteiger partial charge is 0.208 e. The van der Waals surface area contributed by atoms with Crippen molar-refractivity contribution in [3.05, 3.63) is 150 Å². The van der Waals surface area contributed by atoms with E-state index >= 15 is 0 Å². The standard InChI is InChI=1S/C56H56N4/c1-36-23-41-24-37(2)30-55(29-36,33-41)48-19-15-43(16-20-48)50-13-5-6-14-51(50)54-59-52(44-17-21-49(22-18-44)56-31-38(3)25-42(34-56)26-39(4)32-56)58-53(60-54)47-12-8-11-46(28-47)45-10-7-9-40(27-45)35-57/h5-22,27-28,37-39,41-42H,1,23-26,29-34H2,2-4H3/t37-,38-,39+,41+,42-,55?,56?/m0/s1. The van der Waals surface area contributed by atoms with E-state index in [0.717, 1.165) is 75.0 Å². The van der Waals surface area contributed by atoms with Crippen LogP contribution in [0.3, 0.4) is 0 Å². The molecule has 4 nitrogen and oxygen atoms in total. The van der Waals surface area contributed by atoms with Crippen molar-refractivity contribution in [2.75, 3.05) is 0 Å². The minimum atomic E-state index is 0.194. The van der Waals surface area contributed by atoms with Gasteiger partial charge in [0.05, 0.1) is 11.6 Å². The Hall–Kier alpha value is -5.66. The number of benzene rings is 5. The Balaban J connectivity index is 1.06. The number of allylic oxidation sites excluding steroid dienone is 1. The summed E-state index contributed by atoms with van der Waals surface area (Å²) in [5, 5.41) is 9.63. The molecule has 0 aliphatic heterocycles.